The first kappa shape index (κ1) is 20.1. The Balaban J connectivity index is 1.89. The van der Waals surface area contributed by atoms with Gasteiger partial charge in [-0.3, -0.25) is 4.79 Å². The van der Waals surface area contributed by atoms with Crippen LogP contribution in [-0.4, -0.2) is 28.7 Å². The molecule has 0 aliphatic heterocycles. The number of esters is 1. The molecule has 1 aromatic heterocycles. The van der Waals surface area contributed by atoms with Gasteiger partial charge in [0.05, 0.1) is 6.61 Å². The lowest BCUT2D eigenvalue weighted by Crippen LogP contribution is -2.35. The molecular formula is C20H17F2N3O4. The summed E-state index contributed by atoms with van der Waals surface area (Å²) in [6, 6.07) is 13.4. The van der Waals surface area contributed by atoms with Crippen LogP contribution in [0.3, 0.4) is 0 Å². The van der Waals surface area contributed by atoms with Crippen molar-refractivity contribution in [2.24, 2.45) is 0 Å². The predicted octanol–water partition coefficient (Wildman–Crippen LogP) is 3.24. The van der Waals surface area contributed by atoms with Gasteiger partial charge in [0.1, 0.15) is 0 Å². The number of benzene rings is 2. The van der Waals surface area contributed by atoms with Gasteiger partial charge in [0.25, 0.3) is 17.7 Å². The van der Waals surface area contributed by atoms with Crippen molar-refractivity contribution in [1.29, 1.82) is 0 Å². The summed E-state index contributed by atoms with van der Waals surface area (Å²) in [6.45, 7) is 1.58. The maximum atomic E-state index is 14.6. The molecule has 1 amide bonds. The molecule has 0 unspecified atom stereocenters. The molecule has 0 bridgehead atoms. The molecule has 1 N–H and O–H groups in total. The summed E-state index contributed by atoms with van der Waals surface area (Å²) in [6.07, 6.45) is 0. The molecule has 0 aliphatic rings. The SMILES string of the molecule is CCOC(=O)[C@H](NC(=O)c1ccccc1)c1nnc(C(F)(F)c2ccccc2)o1. The van der Waals surface area contributed by atoms with Crippen LogP contribution in [0.1, 0.15) is 40.7 Å². The number of aromatic nitrogens is 2. The highest BCUT2D eigenvalue weighted by Gasteiger charge is 2.42. The van der Waals surface area contributed by atoms with Gasteiger partial charge < -0.3 is 14.5 Å². The fourth-order valence-electron chi connectivity index (χ4n) is 2.50. The summed E-state index contributed by atoms with van der Waals surface area (Å²) in [4.78, 5) is 24.7. The van der Waals surface area contributed by atoms with E-state index in [1.165, 1.54) is 36.4 Å². The van der Waals surface area contributed by atoms with E-state index in [4.69, 9.17) is 9.15 Å². The fourth-order valence-corrected chi connectivity index (χ4v) is 2.50. The molecule has 0 radical (unpaired) electrons. The highest BCUT2D eigenvalue weighted by Crippen LogP contribution is 2.35. The molecule has 0 aliphatic carbocycles. The second-order valence-corrected chi connectivity index (χ2v) is 5.91. The summed E-state index contributed by atoms with van der Waals surface area (Å²) in [5.41, 5.74) is -0.0904. The smallest absolute Gasteiger partial charge is 0.349 e. The minimum atomic E-state index is -3.57. The van der Waals surface area contributed by atoms with E-state index < -0.39 is 35.6 Å². The Kier molecular flexibility index (Phi) is 5.96. The molecule has 7 nitrogen and oxygen atoms in total. The third-order valence-electron chi connectivity index (χ3n) is 3.93. The summed E-state index contributed by atoms with van der Waals surface area (Å²) in [7, 11) is 0. The van der Waals surface area contributed by atoms with Gasteiger partial charge in [0.2, 0.25) is 6.04 Å². The lowest BCUT2D eigenvalue weighted by atomic mass is 10.1. The quantitative estimate of drug-likeness (QED) is 0.611. The number of nitrogens with one attached hydrogen (secondary N) is 1. The van der Waals surface area contributed by atoms with Gasteiger partial charge in [-0.1, -0.05) is 48.5 Å². The fraction of sp³-hybridized carbons (Fsp3) is 0.200. The highest BCUT2D eigenvalue weighted by atomic mass is 19.3. The van der Waals surface area contributed by atoms with Crippen molar-refractivity contribution in [2.45, 2.75) is 18.9 Å². The average Bonchev–Trinajstić information content (AvgIpc) is 3.24. The van der Waals surface area contributed by atoms with Gasteiger partial charge in [-0.2, -0.15) is 8.78 Å². The number of nitrogens with zero attached hydrogens (tertiary/aromatic N) is 2. The van der Waals surface area contributed by atoms with E-state index in [0.717, 1.165) is 0 Å². The Hall–Kier alpha value is -3.62. The third-order valence-corrected chi connectivity index (χ3v) is 3.93. The summed E-state index contributed by atoms with van der Waals surface area (Å²) in [5, 5.41) is 9.31. The number of halogens is 2. The molecular weight excluding hydrogens is 384 g/mol. The number of carbonyl (C=O) groups is 2. The number of amides is 1. The van der Waals surface area contributed by atoms with Crippen molar-refractivity contribution in [2.75, 3.05) is 6.61 Å². The van der Waals surface area contributed by atoms with Crippen LogP contribution in [0, 0.1) is 0 Å². The van der Waals surface area contributed by atoms with Crippen LogP contribution in [0.4, 0.5) is 8.78 Å². The molecule has 9 heteroatoms. The zero-order chi connectivity index (χ0) is 20.9. The van der Waals surface area contributed by atoms with E-state index in [2.05, 4.69) is 15.5 Å². The molecule has 0 saturated heterocycles. The molecule has 150 valence electrons. The molecule has 1 atom stereocenters. The van der Waals surface area contributed by atoms with Gasteiger partial charge >= 0.3 is 11.9 Å². The van der Waals surface area contributed by atoms with Crippen molar-refractivity contribution >= 4 is 11.9 Å². The van der Waals surface area contributed by atoms with Gasteiger partial charge in [0.15, 0.2) is 0 Å². The first-order chi connectivity index (χ1) is 13.9. The van der Waals surface area contributed by atoms with E-state index >= 15 is 0 Å². The summed E-state index contributed by atoms with van der Waals surface area (Å²) in [5.74, 6) is -6.61. The van der Waals surface area contributed by atoms with Crippen molar-refractivity contribution in [3.63, 3.8) is 0 Å². The minimum Gasteiger partial charge on any atom is -0.464 e. The minimum absolute atomic E-state index is 0.0116. The van der Waals surface area contributed by atoms with E-state index in [9.17, 15) is 18.4 Å². The molecule has 3 aromatic rings. The zero-order valence-electron chi connectivity index (χ0n) is 15.3. The van der Waals surface area contributed by atoms with Gasteiger partial charge in [-0.15, -0.1) is 10.2 Å². The van der Waals surface area contributed by atoms with E-state index in [1.54, 1.807) is 31.2 Å². The summed E-state index contributed by atoms with van der Waals surface area (Å²) < 4.78 is 39.3. The molecule has 2 aromatic carbocycles. The van der Waals surface area contributed by atoms with Crippen LogP contribution in [0.25, 0.3) is 0 Å². The van der Waals surface area contributed by atoms with Gasteiger partial charge in [0, 0.05) is 11.1 Å². The number of rotatable bonds is 7. The van der Waals surface area contributed by atoms with Crippen molar-refractivity contribution in [3.8, 4) is 0 Å². The average molecular weight is 401 g/mol. The van der Waals surface area contributed by atoms with Crippen LogP contribution < -0.4 is 5.32 Å². The zero-order valence-corrected chi connectivity index (χ0v) is 15.3. The normalized spacial score (nSPS) is 12.2. The second-order valence-electron chi connectivity index (χ2n) is 5.91. The van der Waals surface area contributed by atoms with Crippen LogP contribution in [0.2, 0.25) is 0 Å². The maximum Gasteiger partial charge on any atom is 0.349 e. The third kappa shape index (κ3) is 4.45. The van der Waals surface area contributed by atoms with Crippen LogP contribution in [0.15, 0.2) is 65.1 Å². The predicted molar refractivity (Wildman–Crippen MR) is 97.0 cm³/mol. The lowest BCUT2D eigenvalue weighted by Gasteiger charge is -2.15. The number of ether oxygens (including phenoxy) is 1. The Morgan fingerprint density at radius 1 is 1.07 bits per heavy atom. The second kappa shape index (κ2) is 8.59. The summed E-state index contributed by atoms with van der Waals surface area (Å²) >= 11 is 0. The Morgan fingerprint density at radius 2 is 1.69 bits per heavy atom. The molecule has 29 heavy (non-hydrogen) atoms. The lowest BCUT2D eigenvalue weighted by molar-refractivity contribution is -0.146. The number of carbonyl (C=O) groups excluding carboxylic acids is 2. The van der Waals surface area contributed by atoms with Gasteiger partial charge in [-0.05, 0) is 19.1 Å². The van der Waals surface area contributed by atoms with Crippen LogP contribution >= 0.6 is 0 Å². The van der Waals surface area contributed by atoms with Crippen LogP contribution in [0.5, 0.6) is 0 Å². The maximum absolute atomic E-state index is 14.6. The molecule has 0 fully saturated rings. The topological polar surface area (TPSA) is 94.3 Å². The monoisotopic (exact) mass is 401 g/mol. The van der Waals surface area contributed by atoms with Crippen molar-refractivity contribution in [1.82, 2.24) is 15.5 Å². The number of hydrogen-bond acceptors (Lipinski definition) is 6. The molecule has 3 rings (SSSR count). The van der Waals surface area contributed by atoms with Crippen molar-refractivity contribution in [3.05, 3.63) is 83.6 Å². The molecule has 0 spiro atoms. The number of alkyl halides is 2. The first-order valence-corrected chi connectivity index (χ1v) is 8.73. The van der Waals surface area contributed by atoms with Crippen LogP contribution in [-0.2, 0) is 15.5 Å². The Morgan fingerprint density at radius 3 is 2.31 bits per heavy atom. The number of hydrogen-bond donors (Lipinski definition) is 1. The first-order valence-electron chi connectivity index (χ1n) is 8.73. The highest BCUT2D eigenvalue weighted by molar-refractivity contribution is 5.96. The van der Waals surface area contributed by atoms with E-state index in [1.807, 2.05) is 0 Å². The van der Waals surface area contributed by atoms with E-state index in [0.29, 0.717) is 0 Å². The van der Waals surface area contributed by atoms with Crippen molar-refractivity contribution < 1.29 is 27.5 Å². The Bertz CT molecular complexity index is 978. The molecule has 1 heterocycles. The standard InChI is InChI=1S/C20H17F2N3O4/c1-2-28-18(27)15(23-16(26)13-9-5-3-6-10-13)17-24-25-19(29-17)20(21,22)14-11-7-4-8-12-14/h3-12,15H,2H2,1H3,(H,23,26)/t15-/m1/s1. The molecule has 0 saturated carbocycles. The largest absolute Gasteiger partial charge is 0.464 e. The van der Waals surface area contributed by atoms with Gasteiger partial charge in [-0.25, -0.2) is 4.79 Å². The van der Waals surface area contributed by atoms with E-state index in [-0.39, 0.29) is 17.7 Å². The Labute approximate surface area is 164 Å².